The molecule has 0 radical (unpaired) electrons. The first-order valence-corrected chi connectivity index (χ1v) is 13.9. The first kappa shape index (κ1) is 31.6. The third kappa shape index (κ3) is 11.2. The molecule has 8 nitrogen and oxygen atoms in total. The second-order valence-corrected chi connectivity index (χ2v) is 10.4. The van der Waals surface area contributed by atoms with Crippen molar-refractivity contribution in [3.63, 3.8) is 0 Å². The van der Waals surface area contributed by atoms with Gasteiger partial charge >= 0.3 is 12.1 Å². The second-order valence-electron chi connectivity index (χ2n) is 9.39. The predicted molar refractivity (Wildman–Crippen MR) is 150 cm³/mol. The minimum absolute atomic E-state index is 0.00326. The number of Topliss-reactive ketones (excluding diaryl/α,β-unsaturated/α-hetero) is 1. The number of carboxylic acids is 1. The van der Waals surface area contributed by atoms with Gasteiger partial charge in [0.2, 0.25) is 11.0 Å². The number of aromatic nitrogens is 2. The largest absolute Gasteiger partial charge is 0.490 e. The SMILES string of the molecule is O=C(/C=C/[C@H](CCc1ccccc1)CC(=O)[C@@H]1CCCCN1)Nc1nnc(-c2ccccc2)s1.O=C(O)C(F)(F)F. The Hall–Kier alpha value is -3.90. The highest BCUT2D eigenvalue weighted by molar-refractivity contribution is 7.18. The molecule has 1 amide bonds. The van der Waals surface area contributed by atoms with Gasteiger partial charge in [0.05, 0.1) is 6.04 Å². The van der Waals surface area contributed by atoms with Crippen LogP contribution >= 0.6 is 11.3 Å². The Morgan fingerprint density at radius 3 is 2.32 bits per heavy atom. The Bertz CT molecular complexity index is 1290. The van der Waals surface area contributed by atoms with Crippen LogP contribution in [0.3, 0.4) is 0 Å². The highest BCUT2D eigenvalue weighted by Gasteiger charge is 2.38. The van der Waals surface area contributed by atoms with Gasteiger partial charge < -0.3 is 10.4 Å². The molecule has 1 saturated heterocycles. The molecule has 0 spiro atoms. The Kier molecular flexibility index (Phi) is 12.2. The fourth-order valence-electron chi connectivity index (χ4n) is 4.13. The smallest absolute Gasteiger partial charge is 0.475 e. The van der Waals surface area contributed by atoms with Gasteiger partial charge in [-0.15, -0.1) is 10.2 Å². The summed E-state index contributed by atoms with van der Waals surface area (Å²) in [5.74, 6) is -2.79. The van der Waals surface area contributed by atoms with Crippen LogP contribution in [-0.2, 0) is 20.8 Å². The van der Waals surface area contributed by atoms with E-state index in [1.54, 1.807) is 0 Å². The number of ketones is 1. The van der Waals surface area contributed by atoms with Crippen LogP contribution in [0.1, 0.15) is 37.7 Å². The monoisotopic (exact) mass is 588 g/mol. The summed E-state index contributed by atoms with van der Waals surface area (Å²) in [5, 5.41) is 22.7. The molecule has 0 aliphatic carbocycles. The Morgan fingerprint density at radius 1 is 1.05 bits per heavy atom. The lowest BCUT2D eigenvalue weighted by Crippen LogP contribution is -2.41. The van der Waals surface area contributed by atoms with E-state index in [1.165, 1.54) is 23.0 Å². The molecule has 2 aromatic carbocycles. The third-order valence-electron chi connectivity index (χ3n) is 6.25. The molecule has 3 N–H and O–H groups in total. The number of benzene rings is 2. The van der Waals surface area contributed by atoms with Gasteiger partial charge in [0.25, 0.3) is 0 Å². The number of carbonyl (C=O) groups excluding carboxylic acids is 2. The van der Waals surface area contributed by atoms with Crippen LogP contribution in [0, 0.1) is 5.92 Å². The van der Waals surface area contributed by atoms with E-state index in [9.17, 15) is 22.8 Å². The van der Waals surface area contributed by atoms with Crippen molar-refractivity contribution in [1.29, 1.82) is 0 Å². The summed E-state index contributed by atoms with van der Waals surface area (Å²) in [6.45, 7) is 0.899. The van der Waals surface area contributed by atoms with Crippen LogP contribution in [-0.4, -0.2) is 51.7 Å². The van der Waals surface area contributed by atoms with Crippen molar-refractivity contribution in [2.75, 3.05) is 11.9 Å². The Morgan fingerprint density at radius 2 is 1.71 bits per heavy atom. The molecular formula is C29H31F3N4O4S. The van der Waals surface area contributed by atoms with Crippen LogP contribution < -0.4 is 10.6 Å². The zero-order chi connectivity index (χ0) is 29.7. The van der Waals surface area contributed by atoms with Crippen LogP contribution in [0.4, 0.5) is 18.3 Å². The average Bonchev–Trinajstić information content (AvgIpc) is 3.44. The topological polar surface area (TPSA) is 121 Å². The third-order valence-corrected chi connectivity index (χ3v) is 7.13. The van der Waals surface area contributed by atoms with Gasteiger partial charge in [0.15, 0.2) is 0 Å². The van der Waals surface area contributed by atoms with Crippen LogP contribution in [0.25, 0.3) is 10.6 Å². The summed E-state index contributed by atoms with van der Waals surface area (Å²) < 4.78 is 31.7. The number of hydrogen-bond donors (Lipinski definition) is 3. The van der Waals surface area contributed by atoms with Crippen molar-refractivity contribution in [1.82, 2.24) is 15.5 Å². The Balaban J connectivity index is 0.000000587. The van der Waals surface area contributed by atoms with Gasteiger partial charge in [-0.25, -0.2) is 4.79 Å². The lowest BCUT2D eigenvalue weighted by Gasteiger charge is -2.23. The highest BCUT2D eigenvalue weighted by atomic mass is 32.1. The lowest BCUT2D eigenvalue weighted by molar-refractivity contribution is -0.192. The van der Waals surface area contributed by atoms with Crippen molar-refractivity contribution in [3.05, 3.63) is 78.4 Å². The number of carbonyl (C=O) groups is 3. The fourth-order valence-corrected chi connectivity index (χ4v) is 4.88. The normalized spacial score (nSPS) is 15.9. The minimum atomic E-state index is -5.08. The number of amides is 1. The highest BCUT2D eigenvalue weighted by Crippen LogP contribution is 2.26. The molecule has 41 heavy (non-hydrogen) atoms. The predicted octanol–water partition coefficient (Wildman–Crippen LogP) is 5.68. The molecule has 12 heteroatoms. The number of nitrogens with one attached hydrogen (secondary N) is 2. The van der Waals surface area contributed by atoms with E-state index in [4.69, 9.17) is 9.90 Å². The van der Waals surface area contributed by atoms with Crippen LogP contribution in [0.2, 0.25) is 0 Å². The van der Waals surface area contributed by atoms with E-state index < -0.39 is 12.1 Å². The number of carboxylic acid groups (broad SMARTS) is 1. The number of piperidine rings is 1. The van der Waals surface area contributed by atoms with Crippen molar-refractivity contribution < 1.29 is 32.7 Å². The fraction of sp³-hybridized carbons (Fsp3) is 0.345. The number of rotatable bonds is 10. The van der Waals surface area contributed by atoms with Crippen molar-refractivity contribution in [2.24, 2.45) is 5.92 Å². The summed E-state index contributed by atoms with van der Waals surface area (Å²) in [5.41, 5.74) is 2.20. The maximum Gasteiger partial charge on any atom is 0.490 e. The molecule has 0 unspecified atom stereocenters. The summed E-state index contributed by atoms with van der Waals surface area (Å²) in [7, 11) is 0. The molecule has 2 heterocycles. The first-order valence-electron chi connectivity index (χ1n) is 13.1. The summed E-state index contributed by atoms with van der Waals surface area (Å²) in [4.78, 5) is 34.3. The molecule has 3 aromatic rings. The van der Waals surface area contributed by atoms with Gasteiger partial charge in [0, 0.05) is 12.0 Å². The van der Waals surface area contributed by atoms with E-state index >= 15 is 0 Å². The number of aryl methyl sites for hydroxylation is 1. The first-order chi connectivity index (χ1) is 19.6. The lowest BCUT2D eigenvalue weighted by atomic mass is 9.90. The van der Waals surface area contributed by atoms with Gasteiger partial charge in [0.1, 0.15) is 10.8 Å². The second kappa shape index (κ2) is 15.8. The van der Waals surface area contributed by atoms with Crippen molar-refractivity contribution in [2.45, 2.75) is 50.7 Å². The van der Waals surface area contributed by atoms with Gasteiger partial charge in [-0.1, -0.05) is 84.5 Å². The molecule has 0 bridgehead atoms. The molecule has 1 aromatic heterocycles. The zero-order valence-electron chi connectivity index (χ0n) is 22.1. The summed E-state index contributed by atoms with van der Waals surface area (Å²) in [6.07, 6.45) is 3.53. The molecule has 1 aliphatic heterocycles. The van der Waals surface area contributed by atoms with E-state index in [0.29, 0.717) is 11.6 Å². The van der Waals surface area contributed by atoms with Gasteiger partial charge in [-0.2, -0.15) is 13.2 Å². The van der Waals surface area contributed by atoms with Crippen LogP contribution in [0.5, 0.6) is 0 Å². The van der Waals surface area contributed by atoms with Gasteiger partial charge in [-0.05, 0) is 49.8 Å². The summed E-state index contributed by atoms with van der Waals surface area (Å²) in [6, 6.07) is 19.9. The minimum Gasteiger partial charge on any atom is -0.475 e. The number of halogens is 3. The number of hydrogen-bond acceptors (Lipinski definition) is 7. The van der Waals surface area contributed by atoms with Gasteiger partial charge in [-0.3, -0.25) is 14.9 Å². The maximum atomic E-state index is 12.9. The van der Waals surface area contributed by atoms with E-state index in [0.717, 1.165) is 49.2 Å². The zero-order valence-corrected chi connectivity index (χ0v) is 23.0. The average molecular weight is 589 g/mol. The van der Waals surface area contributed by atoms with Crippen molar-refractivity contribution >= 4 is 34.1 Å². The van der Waals surface area contributed by atoms with E-state index in [2.05, 4.69) is 33.0 Å². The Labute approximate surface area is 239 Å². The van der Waals surface area contributed by atoms with E-state index in [-0.39, 0.29) is 23.7 Å². The van der Waals surface area contributed by atoms with Crippen molar-refractivity contribution in [3.8, 4) is 10.6 Å². The number of aliphatic carboxylic acids is 1. The van der Waals surface area contributed by atoms with Crippen LogP contribution in [0.15, 0.2) is 72.8 Å². The maximum absolute atomic E-state index is 12.9. The molecule has 1 fully saturated rings. The standard InChI is InChI=1S/C27H30N4O2S.C2HF3O2/c32-24(23-13-7-8-18-28-23)19-21(15-14-20-9-3-1-4-10-20)16-17-25(33)29-27-31-30-26(34-27)22-11-5-2-6-12-22;3-2(4,5)1(6)7/h1-6,9-12,16-17,21,23,28H,7-8,13-15,18-19H2,(H,29,31,33);(H,6,7)/b17-16+;/t21-,23-;/m0./s1. The van der Waals surface area contributed by atoms with E-state index in [1.807, 2.05) is 54.6 Å². The molecule has 1 aliphatic rings. The molecule has 218 valence electrons. The summed E-state index contributed by atoms with van der Waals surface area (Å²) >= 11 is 1.34. The quantitative estimate of drug-likeness (QED) is 0.261. The number of anilines is 1. The number of alkyl halides is 3. The number of nitrogens with zero attached hydrogens (tertiary/aromatic N) is 2. The number of allylic oxidation sites excluding steroid dienone is 1. The molecule has 2 atom stereocenters. The molecular weight excluding hydrogens is 557 g/mol. The molecule has 0 saturated carbocycles. The molecule has 4 rings (SSSR count).